The summed E-state index contributed by atoms with van der Waals surface area (Å²) >= 11 is 6.10. The van der Waals surface area contributed by atoms with Gasteiger partial charge in [0.2, 0.25) is 0 Å². The normalized spacial score (nSPS) is 14.3. The minimum absolute atomic E-state index is 0. The fourth-order valence-electron chi connectivity index (χ4n) is 3.60. The second-order valence-electron chi connectivity index (χ2n) is 6.83. The van der Waals surface area contributed by atoms with Crippen LogP contribution in [0.25, 0.3) is 0 Å². The molecular weight excluding hydrogens is 399 g/mol. The molecule has 7 heteroatoms. The number of hydrogen-bond acceptors (Lipinski definition) is 4. The highest BCUT2D eigenvalue weighted by Crippen LogP contribution is 2.32. The molecule has 5 nitrogen and oxygen atoms in total. The number of anilines is 1. The van der Waals surface area contributed by atoms with Crippen LogP contribution in [-0.2, 0) is 6.42 Å². The maximum absolute atomic E-state index is 12.9. The number of carbonyl (C=O) groups is 1. The zero-order valence-electron chi connectivity index (χ0n) is 16.1. The second-order valence-corrected chi connectivity index (χ2v) is 7.23. The van der Waals surface area contributed by atoms with E-state index >= 15 is 0 Å². The molecule has 2 aromatic rings. The molecule has 1 aliphatic rings. The Bertz CT molecular complexity index is 821. The molecule has 0 atom stereocenters. The highest BCUT2D eigenvalue weighted by Gasteiger charge is 2.26. The first-order valence-corrected chi connectivity index (χ1v) is 9.45. The van der Waals surface area contributed by atoms with E-state index in [2.05, 4.69) is 6.07 Å². The number of benzene rings is 2. The van der Waals surface area contributed by atoms with Crippen molar-refractivity contribution in [2.45, 2.75) is 19.3 Å². The van der Waals surface area contributed by atoms with Crippen LogP contribution >= 0.6 is 24.0 Å². The number of ether oxygens (including phenoxy) is 2. The van der Waals surface area contributed by atoms with E-state index in [1.54, 1.807) is 19.2 Å². The van der Waals surface area contributed by atoms with Crippen molar-refractivity contribution in [2.24, 2.45) is 5.92 Å². The minimum atomic E-state index is -0.0653. The van der Waals surface area contributed by atoms with E-state index in [-0.39, 0.29) is 18.3 Å². The summed E-state index contributed by atoms with van der Waals surface area (Å²) in [6.07, 6.45) is 2.87. The number of carbonyl (C=O) groups excluding carboxylic acids is 1. The largest absolute Gasteiger partial charge is 0.496 e. The summed E-state index contributed by atoms with van der Waals surface area (Å²) < 4.78 is 10.8. The van der Waals surface area contributed by atoms with Gasteiger partial charge >= 0.3 is 0 Å². The summed E-state index contributed by atoms with van der Waals surface area (Å²) in [6, 6.07) is 11.3. The van der Waals surface area contributed by atoms with E-state index in [0.29, 0.717) is 41.0 Å². The van der Waals surface area contributed by atoms with Gasteiger partial charge in [0.15, 0.2) is 0 Å². The average molecular weight is 425 g/mol. The summed E-state index contributed by atoms with van der Waals surface area (Å²) in [7, 11) is 3.23. The first-order valence-electron chi connectivity index (χ1n) is 9.07. The van der Waals surface area contributed by atoms with Crippen molar-refractivity contribution in [3.05, 3.63) is 52.5 Å². The first kappa shape index (κ1) is 22.2. The molecule has 3 rings (SSSR count). The third-order valence-corrected chi connectivity index (χ3v) is 5.48. The Morgan fingerprint density at radius 1 is 1.14 bits per heavy atom. The first-order chi connectivity index (χ1) is 13.0. The van der Waals surface area contributed by atoms with Crippen molar-refractivity contribution in [2.75, 3.05) is 33.0 Å². The van der Waals surface area contributed by atoms with Crippen LogP contribution in [0.2, 0.25) is 5.02 Å². The van der Waals surface area contributed by atoms with Crippen molar-refractivity contribution in [1.82, 2.24) is 4.90 Å². The van der Waals surface area contributed by atoms with E-state index in [1.165, 1.54) is 12.7 Å². The highest BCUT2D eigenvalue weighted by molar-refractivity contribution is 6.33. The van der Waals surface area contributed by atoms with Gasteiger partial charge in [-0.15, -0.1) is 12.4 Å². The van der Waals surface area contributed by atoms with E-state index in [0.717, 1.165) is 25.0 Å². The number of piperidine rings is 1. The SMILES string of the molecule is COc1ccccc1CC1CCN(C(=O)c2cc(Cl)c(N)cc2OC)CC1.Cl. The number of nitrogens with zero attached hydrogens (tertiary/aromatic N) is 1. The monoisotopic (exact) mass is 424 g/mol. The molecule has 0 radical (unpaired) electrons. The van der Waals surface area contributed by atoms with Crippen LogP contribution < -0.4 is 15.2 Å². The van der Waals surface area contributed by atoms with E-state index < -0.39 is 0 Å². The lowest BCUT2D eigenvalue weighted by molar-refractivity contribution is 0.0687. The molecule has 0 unspecified atom stereocenters. The van der Waals surface area contributed by atoms with E-state index in [4.69, 9.17) is 26.8 Å². The molecular formula is C21H26Cl2N2O3. The number of nitrogen functional groups attached to an aromatic ring is 1. The molecule has 0 spiro atoms. The van der Waals surface area contributed by atoms with E-state index in [1.807, 2.05) is 23.1 Å². The minimum Gasteiger partial charge on any atom is -0.496 e. The molecule has 0 aliphatic carbocycles. The van der Waals surface area contributed by atoms with Crippen LogP contribution in [0.3, 0.4) is 0 Å². The Morgan fingerprint density at radius 3 is 2.43 bits per heavy atom. The van der Waals surface area contributed by atoms with Gasteiger partial charge in [-0.1, -0.05) is 29.8 Å². The molecule has 1 saturated heterocycles. The highest BCUT2D eigenvalue weighted by atomic mass is 35.5. The zero-order chi connectivity index (χ0) is 19.4. The molecule has 152 valence electrons. The molecule has 0 aromatic heterocycles. The van der Waals surface area contributed by atoms with Crippen molar-refractivity contribution >= 4 is 35.6 Å². The van der Waals surface area contributed by atoms with Gasteiger partial charge in [-0.25, -0.2) is 0 Å². The van der Waals surface area contributed by atoms with Crippen molar-refractivity contribution in [1.29, 1.82) is 0 Å². The summed E-state index contributed by atoms with van der Waals surface area (Å²) in [5.41, 5.74) is 7.89. The van der Waals surface area contributed by atoms with Crippen molar-refractivity contribution < 1.29 is 14.3 Å². The van der Waals surface area contributed by atoms with Crippen molar-refractivity contribution in [3.63, 3.8) is 0 Å². The molecule has 1 amide bonds. The Hall–Kier alpha value is -2.11. The molecule has 2 aromatic carbocycles. The quantitative estimate of drug-likeness (QED) is 0.719. The third kappa shape index (κ3) is 4.83. The van der Waals surface area contributed by atoms with Gasteiger partial charge in [-0.3, -0.25) is 4.79 Å². The molecule has 1 aliphatic heterocycles. The maximum Gasteiger partial charge on any atom is 0.257 e. The predicted octanol–water partition coefficient (Wildman–Crippen LogP) is 4.46. The van der Waals surface area contributed by atoms with Crippen LogP contribution in [0, 0.1) is 5.92 Å². The van der Waals surface area contributed by atoms with Gasteiger partial charge in [-0.2, -0.15) is 0 Å². The molecule has 2 N–H and O–H groups in total. The van der Waals surface area contributed by atoms with Gasteiger partial charge < -0.3 is 20.1 Å². The number of halogens is 2. The smallest absolute Gasteiger partial charge is 0.257 e. The topological polar surface area (TPSA) is 64.8 Å². The summed E-state index contributed by atoms with van der Waals surface area (Å²) in [5.74, 6) is 1.85. The number of methoxy groups -OCH3 is 2. The van der Waals surface area contributed by atoms with Gasteiger partial charge in [0.05, 0.1) is 30.5 Å². The van der Waals surface area contributed by atoms with Crippen LogP contribution in [0.4, 0.5) is 5.69 Å². The van der Waals surface area contributed by atoms with E-state index in [9.17, 15) is 4.79 Å². The van der Waals surface area contributed by atoms with Gasteiger partial charge in [0.25, 0.3) is 5.91 Å². The number of nitrogens with two attached hydrogens (primary N) is 1. The summed E-state index contributed by atoms with van der Waals surface area (Å²) in [4.78, 5) is 14.8. The number of hydrogen-bond donors (Lipinski definition) is 1. The Morgan fingerprint density at radius 2 is 1.79 bits per heavy atom. The lowest BCUT2D eigenvalue weighted by Gasteiger charge is -2.32. The average Bonchev–Trinajstić information content (AvgIpc) is 2.70. The van der Waals surface area contributed by atoms with Gasteiger partial charge in [-0.05, 0) is 42.9 Å². The lowest BCUT2D eigenvalue weighted by atomic mass is 9.89. The number of likely N-dealkylation sites (tertiary alicyclic amines) is 1. The molecule has 1 heterocycles. The van der Waals surface area contributed by atoms with Crippen LogP contribution in [-0.4, -0.2) is 38.1 Å². The maximum atomic E-state index is 12.9. The third-order valence-electron chi connectivity index (χ3n) is 5.15. The van der Waals surface area contributed by atoms with Crippen LogP contribution in [0.1, 0.15) is 28.8 Å². The fourth-order valence-corrected chi connectivity index (χ4v) is 3.76. The zero-order valence-corrected chi connectivity index (χ0v) is 17.7. The molecule has 0 saturated carbocycles. The van der Waals surface area contributed by atoms with Gasteiger partial charge in [0, 0.05) is 19.2 Å². The van der Waals surface area contributed by atoms with Crippen LogP contribution in [0.15, 0.2) is 36.4 Å². The Labute approximate surface area is 177 Å². The molecule has 0 bridgehead atoms. The number of amides is 1. The lowest BCUT2D eigenvalue weighted by Crippen LogP contribution is -2.39. The second kappa shape index (κ2) is 9.89. The predicted molar refractivity (Wildman–Crippen MR) is 115 cm³/mol. The standard InChI is InChI=1S/C21H25ClN2O3.ClH/c1-26-19-6-4-3-5-15(19)11-14-7-9-24(10-8-14)21(25)16-12-17(22)18(23)13-20(16)27-2;/h3-6,12-14H,7-11,23H2,1-2H3;1H. The fraction of sp³-hybridized carbons (Fsp3) is 0.381. The Balaban J connectivity index is 0.00000280. The Kier molecular flexibility index (Phi) is 7.84. The number of para-hydroxylation sites is 1. The van der Waals surface area contributed by atoms with Gasteiger partial charge in [0.1, 0.15) is 11.5 Å². The molecule has 28 heavy (non-hydrogen) atoms. The van der Waals surface area contributed by atoms with Crippen molar-refractivity contribution in [3.8, 4) is 11.5 Å². The van der Waals surface area contributed by atoms with Crippen LogP contribution in [0.5, 0.6) is 11.5 Å². The number of rotatable bonds is 5. The summed E-state index contributed by atoms with van der Waals surface area (Å²) in [6.45, 7) is 1.42. The summed E-state index contributed by atoms with van der Waals surface area (Å²) in [5, 5.41) is 0.366. The molecule has 1 fully saturated rings.